The molecule has 1 N–H and O–H groups in total. The van der Waals surface area contributed by atoms with Crippen molar-refractivity contribution in [3.8, 4) is 23.0 Å². The fraction of sp³-hybridized carbons (Fsp3) is 0.350. The maximum atomic E-state index is 15.0. The number of nitrogens with zero attached hydrogens (tertiary/aromatic N) is 2. The lowest BCUT2D eigenvalue weighted by atomic mass is 10.0. The highest BCUT2D eigenvalue weighted by Crippen LogP contribution is 2.38. The van der Waals surface area contributed by atoms with Crippen molar-refractivity contribution in [3.63, 3.8) is 0 Å². The first-order valence-corrected chi connectivity index (χ1v) is 18.7. The first-order valence-electron chi connectivity index (χ1n) is 17.2. The summed E-state index contributed by atoms with van der Waals surface area (Å²) in [5, 5.41) is 3.20. The van der Waals surface area contributed by atoms with Crippen LogP contribution in [-0.2, 0) is 32.6 Å². The molecule has 0 spiro atoms. The predicted octanol–water partition coefficient (Wildman–Crippen LogP) is 5.92. The number of sulfonamides is 1. The lowest BCUT2D eigenvalue weighted by Crippen LogP contribution is -2.54. The largest absolute Gasteiger partial charge is 0.497 e. The summed E-state index contributed by atoms with van der Waals surface area (Å²) in [7, 11) is 1.26. The van der Waals surface area contributed by atoms with Crippen LogP contribution in [-0.4, -0.2) is 72.2 Å². The summed E-state index contributed by atoms with van der Waals surface area (Å²) in [5.74, 6) is 0.209. The highest BCUT2D eigenvalue weighted by atomic mass is 32.2. The molecule has 0 aliphatic heterocycles. The predicted molar refractivity (Wildman–Crippen MR) is 200 cm³/mol. The number of nitrogens with one attached hydrogen (secondary N) is 1. The summed E-state index contributed by atoms with van der Waals surface area (Å²) in [6, 6.07) is 25.2. The lowest BCUT2D eigenvalue weighted by molar-refractivity contribution is -0.140. The van der Waals surface area contributed by atoms with E-state index in [0.717, 1.165) is 46.7 Å². The van der Waals surface area contributed by atoms with Crippen LogP contribution in [0.5, 0.6) is 23.0 Å². The Morgan fingerprint density at radius 2 is 1.44 bits per heavy atom. The molecule has 1 fully saturated rings. The Morgan fingerprint density at radius 3 is 2.10 bits per heavy atom. The number of rotatable bonds is 16. The van der Waals surface area contributed by atoms with E-state index in [4.69, 9.17) is 18.9 Å². The Kier molecular flexibility index (Phi) is 12.7. The summed E-state index contributed by atoms with van der Waals surface area (Å²) in [6.45, 7) is 1.36. The van der Waals surface area contributed by atoms with Crippen LogP contribution in [0.3, 0.4) is 0 Å². The summed E-state index contributed by atoms with van der Waals surface area (Å²) in [4.78, 5) is 30.6. The number of amides is 2. The Bertz CT molecular complexity index is 1950. The van der Waals surface area contributed by atoms with Crippen LogP contribution >= 0.6 is 0 Å². The van der Waals surface area contributed by atoms with Crippen molar-refractivity contribution in [2.75, 3.05) is 39.3 Å². The van der Waals surface area contributed by atoms with Crippen LogP contribution in [0.25, 0.3) is 0 Å². The fourth-order valence-electron chi connectivity index (χ4n) is 6.54. The van der Waals surface area contributed by atoms with Gasteiger partial charge in [0.05, 0.1) is 39.0 Å². The maximum Gasteiger partial charge on any atom is 0.265 e. The van der Waals surface area contributed by atoms with Gasteiger partial charge in [-0.2, -0.15) is 0 Å². The smallest absolute Gasteiger partial charge is 0.265 e. The average molecular weight is 730 g/mol. The van der Waals surface area contributed by atoms with Crippen molar-refractivity contribution < 1.29 is 37.0 Å². The van der Waals surface area contributed by atoms with Crippen molar-refractivity contribution in [2.24, 2.45) is 0 Å². The molecule has 1 atom stereocenters. The molecule has 4 aromatic carbocycles. The van der Waals surface area contributed by atoms with E-state index in [-0.39, 0.29) is 47.0 Å². The van der Waals surface area contributed by atoms with Gasteiger partial charge in [-0.15, -0.1) is 0 Å². The second-order valence-corrected chi connectivity index (χ2v) is 14.6. The Balaban J connectivity index is 1.64. The molecule has 1 aliphatic rings. The highest BCUT2D eigenvalue weighted by Gasteiger charge is 2.37. The van der Waals surface area contributed by atoms with E-state index >= 15 is 0 Å². The van der Waals surface area contributed by atoms with Gasteiger partial charge in [0.25, 0.3) is 10.0 Å². The van der Waals surface area contributed by atoms with E-state index in [0.29, 0.717) is 11.5 Å². The summed E-state index contributed by atoms with van der Waals surface area (Å²) in [5.41, 5.74) is 2.72. The summed E-state index contributed by atoms with van der Waals surface area (Å²) in [6.07, 6.45) is 3.99. The third kappa shape index (κ3) is 8.97. The first kappa shape index (κ1) is 38.0. The zero-order valence-electron chi connectivity index (χ0n) is 30.3. The number of aryl methyl sites for hydroxylation is 1. The highest BCUT2D eigenvalue weighted by molar-refractivity contribution is 7.92. The monoisotopic (exact) mass is 729 g/mol. The Hall–Kier alpha value is -5.23. The van der Waals surface area contributed by atoms with Crippen LogP contribution < -0.4 is 28.6 Å². The van der Waals surface area contributed by atoms with Gasteiger partial charge in [-0.1, -0.05) is 73.0 Å². The lowest BCUT2D eigenvalue weighted by Gasteiger charge is -2.34. The molecule has 0 aromatic heterocycles. The molecule has 1 aliphatic carbocycles. The van der Waals surface area contributed by atoms with E-state index < -0.39 is 28.5 Å². The van der Waals surface area contributed by atoms with Gasteiger partial charge in [0.2, 0.25) is 11.8 Å². The number of anilines is 1. The summed E-state index contributed by atoms with van der Waals surface area (Å²) < 4.78 is 52.4. The van der Waals surface area contributed by atoms with Crippen molar-refractivity contribution in [2.45, 2.75) is 62.6 Å². The zero-order chi connectivity index (χ0) is 37.3. The molecule has 276 valence electrons. The topological polar surface area (TPSA) is 124 Å². The second-order valence-electron chi connectivity index (χ2n) is 12.8. The molecule has 0 bridgehead atoms. The van der Waals surface area contributed by atoms with Crippen molar-refractivity contribution >= 4 is 27.5 Å². The quantitative estimate of drug-likeness (QED) is 0.151. The molecule has 52 heavy (non-hydrogen) atoms. The zero-order valence-corrected chi connectivity index (χ0v) is 31.1. The molecule has 0 radical (unpaired) electrons. The van der Waals surface area contributed by atoms with Gasteiger partial charge < -0.3 is 29.2 Å². The molecular formula is C40H47N3O8S. The van der Waals surface area contributed by atoms with E-state index in [1.54, 1.807) is 12.1 Å². The average Bonchev–Trinajstić information content (AvgIpc) is 3.67. The molecule has 2 amide bonds. The van der Waals surface area contributed by atoms with E-state index in [2.05, 4.69) is 5.32 Å². The van der Waals surface area contributed by atoms with Crippen molar-refractivity contribution in [1.29, 1.82) is 0 Å². The number of carbonyl (C=O) groups is 2. The Morgan fingerprint density at radius 1 is 0.769 bits per heavy atom. The van der Waals surface area contributed by atoms with Crippen LogP contribution in [0.2, 0.25) is 0 Å². The minimum Gasteiger partial charge on any atom is -0.497 e. The number of carbonyl (C=O) groups excluding carboxylic acids is 2. The molecule has 4 aromatic rings. The molecule has 1 saturated carbocycles. The number of hydrogen-bond donors (Lipinski definition) is 1. The number of hydrogen-bond acceptors (Lipinski definition) is 8. The molecule has 0 heterocycles. The number of ether oxygens (including phenoxy) is 4. The molecule has 12 heteroatoms. The van der Waals surface area contributed by atoms with Gasteiger partial charge in [0.15, 0.2) is 11.5 Å². The van der Waals surface area contributed by atoms with E-state index in [9.17, 15) is 18.0 Å². The van der Waals surface area contributed by atoms with Crippen molar-refractivity contribution in [1.82, 2.24) is 10.2 Å². The minimum absolute atomic E-state index is 0.00432. The van der Waals surface area contributed by atoms with Gasteiger partial charge >= 0.3 is 0 Å². The molecule has 0 unspecified atom stereocenters. The van der Waals surface area contributed by atoms with Crippen LogP contribution in [0.4, 0.5) is 5.69 Å². The molecule has 0 saturated heterocycles. The number of methoxy groups -OCH3 is 4. The van der Waals surface area contributed by atoms with Crippen molar-refractivity contribution in [3.05, 3.63) is 108 Å². The van der Waals surface area contributed by atoms with Gasteiger partial charge in [0, 0.05) is 31.1 Å². The molecular weight excluding hydrogens is 683 g/mol. The Labute approximate surface area is 306 Å². The maximum absolute atomic E-state index is 15.0. The first-order chi connectivity index (χ1) is 25.1. The fourth-order valence-corrected chi connectivity index (χ4v) is 7.97. The third-order valence-electron chi connectivity index (χ3n) is 9.28. The van der Waals surface area contributed by atoms with Gasteiger partial charge in [-0.25, -0.2) is 8.42 Å². The van der Waals surface area contributed by atoms with Gasteiger partial charge in [-0.3, -0.25) is 13.9 Å². The standard InChI is InChI=1S/C40H47N3O8S/c1-28-12-11-15-30(22-28)26-42(35(23-29-13-7-6-8-14-29)40(45)41-31-16-9-10-17-31)39(44)27-43(34-24-32(48-2)18-20-36(34)49-3)52(46,47)33-19-21-37(50-4)38(25-33)51-5/h6-8,11-15,18-22,24-25,31,35H,9-10,16-17,23,26-27H2,1-5H3,(H,41,45)/t35-/m0/s1. The minimum atomic E-state index is -4.49. The second kappa shape index (κ2) is 17.3. The SMILES string of the molecule is COc1ccc(OC)c(N(CC(=O)N(Cc2cccc(C)c2)[C@@H](Cc2ccccc2)C(=O)NC2CCCC2)S(=O)(=O)c2ccc(OC)c(OC)c2)c1. The molecule has 11 nitrogen and oxygen atoms in total. The van der Waals surface area contributed by atoms with E-state index in [1.807, 2.05) is 61.5 Å². The normalized spacial score (nSPS) is 13.6. The van der Waals surface area contributed by atoms with Gasteiger partial charge in [-0.05, 0) is 55.2 Å². The number of benzene rings is 4. The van der Waals surface area contributed by atoms with E-state index in [1.165, 1.54) is 57.6 Å². The van der Waals surface area contributed by atoms with Crippen LogP contribution in [0, 0.1) is 6.92 Å². The van der Waals surface area contributed by atoms with Gasteiger partial charge in [0.1, 0.15) is 24.1 Å². The summed E-state index contributed by atoms with van der Waals surface area (Å²) >= 11 is 0. The van der Waals surface area contributed by atoms with Crippen LogP contribution in [0.15, 0.2) is 95.9 Å². The third-order valence-corrected chi connectivity index (χ3v) is 11.0. The van der Waals surface area contributed by atoms with Crippen LogP contribution in [0.1, 0.15) is 42.4 Å². The molecule has 5 rings (SSSR count).